The number of para-hydroxylation sites is 1. The molecule has 0 unspecified atom stereocenters. The van der Waals surface area contributed by atoms with Crippen LogP contribution in [-0.4, -0.2) is 21.4 Å². The van der Waals surface area contributed by atoms with Gasteiger partial charge in [0.25, 0.3) is 5.22 Å². The Hall–Kier alpha value is -2.31. The monoisotopic (exact) mass is 359 g/mol. The van der Waals surface area contributed by atoms with Crippen molar-refractivity contribution in [2.45, 2.75) is 17.4 Å². The number of thioether (sulfide) groups is 1. The number of anilines is 1. The van der Waals surface area contributed by atoms with E-state index in [2.05, 4.69) is 15.5 Å². The first-order valence-electron chi connectivity index (χ1n) is 7.24. The molecule has 3 rings (SSSR count). The van der Waals surface area contributed by atoms with Crippen molar-refractivity contribution in [3.63, 3.8) is 0 Å². The Labute approximate surface area is 148 Å². The molecule has 0 bridgehead atoms. The molecule has 1 N–H and O–H groups in total. The summed E-state index contributed by atoms with van der Waals surface area (Å²) in [6.45, 7) is 1.79. The van der Waals surface area contributed by atoms with Crippen LogP contribution >= 0.6 is 23.4 Å². The summed E-state index contributed by atoms with van der Waals surface area (Å²) >= 11 is 7.07. The molecule has 0 radical (unpaired) electrons. The van der Waals surface area contributed by atoms with Crippen LogP contribution in [-0.2, 0) is 4.79 Å². The van der Waals surface area contributed by atoms with Crippen molar-refractivity contribution in [2.24, 2.45) is 0 Å². The standard InChI is InChI=1S/C17H14ClN3O2S/c1-11(15(22)19-14-5-3-2-4-6-14)24-17-21-20-16(23-17)12-7-9-13(18)10-8-12/h2-11H,1H3,(H,19,22)/t11-/m1/s1. The zero-order chi connectivity index (χ0) is 16.9. The van der Waals surface area contributed by atoms with Crippen molar-refractivity contribution in [1.29, 1.82) is 0 Å². The van der Waals surface area contributed by atoms with Gasteiger partial charge in [-0.15, -0.1) is 10.2 Å². The maximum atomic E-state index is 12.2. The third-order valence-electron chi connectivity index (χ3n) is 3.19. The van der Waals surface area contributed by atoms with Gasteiger partial charge in [0.1, 0.15) is 0 Å². The van der Waals surface area contributed by atoms with E-state index in [0.29, 0.717) is 16.1 Å². The van der Waals surface area contributed by atoms with Crippen LogP contribution in [0.2, 0.25) is 5.02 Å². The molecule has 3 aromatic rings. The second-order valence-electron chi connectivity index (χ2n) is 5.00. The quantitative estimate of drug-likeness (QED) is 0.679. The van der Waals surface area contributed by atoms with E-state index >= 15 is 0 Å². The maximum Gasteiger partial charge on any atom is 0.277 e. The van der Waals surface area contributed by atoms with E-state index in [1.54, 1.807) is 31.2 Å². The zero-order valence-electron chi connectivity index (χ0n) is 12.8. The van der Waals surface area contributed by atoms with E-state index in [4.69, 9.17) is 16.0 Å². The molecule has 0 aliphatic carbocycles. The molecule has 2 aromatic carbocycles. The Morgan fingerprint density at radius 1 is 1.12 bits per heavy atom. The second-order valence-corrected chi connectivity index (χ2v) is 6.72. The molecule has 0 fully saturated rings. The van der Waals surface area contributed by atoms with Crippen LogP contribution in [0.1, 0.15) is 6.92 Å². The molecule has 7 heteroatoms. The fourth-order valence-corrected chi connectivity index (χ4v) is 2.75. The highest BCUT2D eigenvalue weighted by Gasteiger charge is 2.18. The lowest BCUT2D eigenvalue weighted by atomic mass is 10.2. The van der Waals surface area contributed by atoms with Crippen molar-refractivity contribution < 1.29 is 9.21 Å². The number of nitrogens with one attached hydrogen (secondary N) is 1. The van der Waals surface area contributed by atoms with E-state index in [0.717, 1.165) is 11.3 Å². The van der Waals surface area contributed by atoms with Crippen LogP contribution in [0.5, 0.6) is 0 Å². The lowest BCUT2D eigenvalue weighted by Gasteiger charge is -2.09. The second kappa shape index (κ2) is 7.51. The highest BCUT2D eigenvalue weighted by atomic mass is 35.5. The fourth-order valence-electron chi connectivity index (χ4n) is 1.94. The van der Waals surface area contributed by atoms with Crippen LogP contribution in [0, 0.1) is 0 Å². The van der Waals surface area contributed by atoms with Gasteiger partial charge in [-0.3, -0.25) is 4.79 Å². The van der Waals surface area contributed by atoms with E-state index < -0.39 is 0 Å². The number of halogens is 1. The molecular formula is C17H14ClN3O2S. The Kier molecular flexibility index (Phi) is 5.17. The van der Waals surface area contributed by atoms with Crippen LogP contribution in [0.3, 0.4) is 0 Å². The van der Waals surface area contributed by atoms with Crippen molar-refractivity contribution in [1.82, 2.24) is 10.2 Å². The first-order chi connectivity index (χ1) is 11.6. The summed E-state index contributed by atoms with van der Waals surface area (Å²) in [6, 6.07) is 16.4. The molecule has 1 atom stereocenters. The zero-order valence-corrected chi connectivity index (χ0v) is 14.3. The minimum absolute atomic E-state index is 0.127. The molecule has 0 spiro atoms. The molecule has 5 nitrogen and oxygen atoms in total. The number of nitrogens with zero attached hydrogens (tertiary/aromatic N) is 2. The number of carbonyl (C=O) groups is 1. The minimum Gasteiger partial charge on any atom is -0.411 e. The first-order valence-corrected chi connectivity index (χ1v) is 8.49. The van der Waals surface area contributed by atoms with Gasteiger partial charge in [0.15, 0.2) is 0 Å². The molecule has 0 aliphatic rings. The van der Waals surface area contributed by atoms with Gasteiger partial charge in [-0.05, 0) is 43.3 Å². The third-order valence-corrected chi connectivity index (χ3v) is 4.37. The highest BCUT2D eigenvalue weighted by molar-refractivity contribution is 8.00. The van der Waals surface area contributed by atoms with Crippen LogP contribution in [0.15, 0.2) is 64.2 Å². The minimum atomic E-state index is -0.372. The van der Waals surface area contributed by atoms with Gasteiger partial charge in [0, 0.05) is 16.3 Å². The SMILES string of the molecule is C[C@@H](Sc1nnc(-c2ccc(Cl)cc2)o1)C(=O)Nc1ccccc1. The van der Waals surface area contributed by atoms with E-state index in [-0.39, 0.29) is 11.2 Å². The summed E-state index contributed by atoms with van der Waals surface area (Å²) in [5, 5.41) is 11.4. The van der Waals surface area contributed by atoms with E-state index in [9.17, 15) is 4.79 Å². The number of aromatic nitrogens is 2. The highest BCUT2D eigenvalue weighted by Crippen LogP contribution is 2.27. The number of rotatable bonds is 5. The summed E-state index contributed by atoms with van der Waals surface area (Å²) in [7, 11) is 0. The average Bonchev–Trinajstić information content (AvgIpc) is 3.05. The number of hydrogen-bond donors (Lipinski definition) is 1. The number of hydrogen-bond acceptors (Lipinski definition) is 5. The maximum absolute atomic E-state index is 12.2. The molecule has 1 aromatic heterocycles. The van der Waals surface area contributed by atoms with E-state index in [1.165, 1.54) is 11.8 Å². The van der Waals surface area contributed by atoms with Crippen LogP contribution < -0.4 is 5.32 Å². The predicted molar refractivity (Wildman–Crippen MR) is 95.1 cm³/mol. The average molecular weight is 360 g/mol. The number of carbonyl (C=O) groups excluding carboxylic acids is 1. The van der Waals surface area contributed by atoms with Crippen molar-refractivity contribution in [2.75, 3.05) is 5.32 Å². The first kappa shape index (κ1) is 16.5. The van der Waals surface area contributed by atoms with Gasteiger partial charge < -0.3 is 9.73 Å². The molecule has 0 aliphatic heterocycles. The van der Waals surface area contributed by atoms with Gasteiger partial charge in [0.2, 0.25) is 11.8 Å². The van der Waals surface area contributed by atoms with Crippen LogP contribution in [0.4, 0.5) is 5.69 Å². The number of amides is 1. The topological polar surface area (TPSA) is 68.0 Å². The summed E-state index contributed by atoms with van der Waals surface area (Å²) in [6.07, 6.45) is 0. The number of benzene rings is 2. The Morgan fingerprint density at radius 2 is 1.83 bits per heavy atom. The molecule has 122 valence electrons. The Bertz CT molecular complexity index is 821. The van der Waals surface area contributed by atoms with Crippen LogP contribution in [0.25, 0.3) is 11.5 Å². The van der Waals surface area contributed by atoms with Gasteiger partial charge >= 0.3 is 0 Å². The molecule has 0 saturated carbocycles. The summed E-state index contributed by atoms with van der Waals surface area (Å²) in [5.74, 6) is 0.266. The van der Waals surface area contributed by atoms with Gasteiger partial charge in [-0.25, -0.2) is 0 Å². The summed E-state index contributed by atoms with van der Waals surface area (Å²) < 4.78 is 5.60. The molecule has 24 heavy (non-hydrogen) atoms. The smallest absolute Gasteiger partial charge is 0.277 e. The predicted octanol–water partition coefficient (Wildman–Crippen LogP) is 4.51. The van der Waals surface area contributed by atoms with Gasteiger partial charge in [0.05, 0.1) is 5.25 Å². The normalized spacial score (nSPS) is 11.9. The van der Waals surface area contributed by atoms with E-state index in [1.807, 2.05) is 30.3 Å². The lowest BCUT2D eigenvalue weighted by Crippen LogP contribution is -2.22. The molecule has 1 amide bonds. The Morgan fingerprint density at radius 3 is 2.54 bits per heavy atom. The largest absolute Gasteiger partial charge is 0.411 e. The van der Waals surface area contributed by atoms with Gasteiger partial charge in [-0.2, -0.15) is 0 Å². The van der Waals surface area contributed by atoms with Crippen molar-refractivity contribution in [3.8, 4) is 11.5 Å². The molecular weight excluding hydrogens is 346 g/mol. The molecule has 0 saturated heterocycles. The fraction of sp³-hybridized carbons (Fsp3) is 0.118. The third kappa shape index (κ3) is 4.15. The van der Waals surface area contributed by atoms with Gasteiger partial charge in [-0.1, -0.05) is 41.6 Å². The van der Waals surface area contributed by atoms with Crippen molar-refractivity contribution in [3.05, 3.63) is 59.6 Å². The molecule has 1 heterocycles. The Balaban J connectivity index is 1.63. The summed E-state index contributed by atoms with van der Waals surface area (Å²) in [5.41, 5.74) is 1.53. The van der Waals surface area contributed by atoms with Crippen molar-refractivity contribution >= 4 is 35.0 Å². The lowest BCUT2D eigenvalue weighted by molar-refractivity contribution is -0.115. The summed E-state index contributed by atoms with van der Waals surface area (Å²) in [4.78, 5) is 12.2.